The molecule has 0 radical (unpaired) electrons. The van der Waals surface area contributed by atoms with E-state index in [0.29, 0.717) is 5.41 Å². The second kappa shape index (κ2) is 9.72. The standard InChI is InChI=1S/C16H34N2O2/c1-15-5-7-16(13-17,8-6-15)14-18(10-12-20-3)9-4-11-19-2/h15H,4-14,17H2,1-3H3. The SMILES string of the molecule is COCCCN(CCOC)CC1(CN)CCC(C)CC1. The summed E-state index contributed by atoms with van der Waals surface area (Å²) in [5.41, 5.74) is 6.46. The highest BCUT2D eigenvalue weighted by Gasteiger charge is 2.34. The van der Waals surface area contributed by atoms with Gasteiger partial charge in [0.15, 0.2) is 0 Å². The molecule has 0 unspecified atom stereocenters. The number of rotatable bonds is 10. The van der Waals surface area contributed by atoms with Crippen molar-refractivity contribution in [3.8, 4) is 0 Å². The molecular weight excluding hydrogens is 252 g/mol. The van der Waals surface area contributed by atoms with E-state index in [-0.39, 0.29) is 0 Å². The van der Waals surface area contributed by atoms with Gasteiger partial charge in [-0.15, -0.1) is 0 Å². The molecule has 1 saturated carbocycles. The van der Waals surface area contributed by atoms with Crippen LogP contribution >= 0.6 is 0 Å². The maximum Gasteiger partial charge on any atom is 0.0589 e. The highest BCUT2D eigenvalue weighted by Crippen LogP contribution is 2.38. The molecule has 0 saturated heterocycles. The molecule has 4 nitrogen and oxygen atoms in total. The average molecular weight is 286 g/mol. The van der Waals surface area contributed by atoms with Gasteiger partial charge in [-0.3, -0.25) is 0 Å². The van der Waals surface area contributed by atoms with E-state index >= 15 is 0 Å². The summed E-state index contributed by atoms with van der Waals surface area (Å²) in [5.74, 6) is 0.871. The van der Waals surface area contributed by atoms with Crippen molar-refractivity contribution in [3.05, 3.63) is 0 Å². The Balaban J connectivity index is 2.50. The summed E-state index contributed by atoms with van der Waals surface area (Å²) in [6.45, 7) is 7.99. The predicted molar refractivity (Wildman–Crippen MR) is 83.9 cm³/mol. The van der Waals surface area contributed by atoms with Crippen molar-refractivity contribution in [3.63, 3.8) is 0 Å². The van der Waals surface area contributed by atoms with Crippen molar-refractivity contribution in [1.82, 2.24) is 4.90 Å². The van der Waals surface area contributed by atoms with Crippen molar-refractivity contribution < 1.29 is 9.47 Å². The molecule has 2 N–H and O–H groups in total. The lowest BCUT2D eigenvalue weighted by Gasteiger charge is -2.42. The van der Waals surface area contributed by atoms with Gasteiger partial charge in [0.1, 0.15) is 0 Å². The zero-order chi connectivity index (χ0) is 14.8. The number of nitrogens with two attached hydrogens (primary N) is 1. The Labute approximate surface area is 125 Å². The van der Waals surface area contributed by atoms with Crippen LogP contribution < -0.4 is 5.73 Å². The zero-order valence-electron chi connectivity index (χ0n) is 13.7. The summed E-state index contributed by atoms with van der Waals surface area (Å²) >= 11 is 0. The van der Waals surface area contributed by atoms with Crippen LogP contribution in [0.3, 0.4) is 0 Å². The van der Waals surface area contributed by atoms with Gasteiger partial charge in [-0.2, -0.15) is 0 Å². The van der Waals surface area contributed by atoms with Crippen molar-refractivity contribution in [2.75, 3.05) is 53.6 Å². The quantitative estimate of drug-likeness (QED) is 0.625. The summed E-state index contributed by atoms with van der Waals surface area (Å²) in [4.78, 5) is 2.52. The smallest absolute Gasteiger partial charge is 0.0589 e. The lowest BCUT2D eigenvalue weighted by atomic mass is 9.70. The van der Waals surface area contributed by atoms with Gasteiger partial charge in [-0.25, -0.2) is 0 Å². The number of nitrogens with zero attached hydrogens (tertiary/aromatic N) is 1. The van der Waals surface area contributed by atoms with Crippen LogP contribution in [0.25, 0.3) is 0 Å². The minimum Gasteiger partial charge on any atom is -0.385 e. The van der Waals surface area contributed by atoms with Crippen LogP contribution in [-0.4, -0.2) is 58.5 Å². The van der Waals surface area contributed by atoms with E-state index in [9.17, 15) is 0 Å². The zero-order valence-corrected chi connectivity index (χ0v) is 13.7. The number of methoxy groups -OCH3 is 2. The van der Waals surface area contributed by atoms with Crippen LogP contribution in [0.5, 0.6) is 0 Å². The molecule has 0 atom stereocenters. The van der Waals surface area contributed by atoms with Crippen LogP contribution in [0, 0.1) is 11.3 Å². The van der Waals surface area contributed by atoms with Crippen LogP contribution in [0.2, 0.25) is 0 Å². The fourth-order valence-electron chi connectivity index (χ4n) is 3.20. The number of hydrogen-bond acceptors (Lipinski definition) is 4. The highest BCUT2D eigenvalue weighted by atomic mass is 16.5. The molecule has 0 bridgehead atoms. The van der Waals surface area contributed by atoms with E-state index in [2.05, 4.69) is 11.8 Å². The van der Waals surface area contributed by atoms with E-state index in [4.69, 9.17) is 15.2 Å². The first-order valence-corrected chi connectivity index (χ1v) is 8.06. The molecule has 0 amide bonds. The van der Waals surface area contributed by atoms with Gasteiger partial charge in [-0.05, 0) is 37.1 Å². The number of hydrogen-bond donors (Lipinski definition) is 1. The molecular formula is C16H34N2O2. The lowest BCUT2D eigenvalue weighted by molar-refractivity contribution is 0.0682. The molecule has 1 fully saturated rings. The van der Waals surface area contributed by atoms with E-state index in [1.807, 2.05) is 0 Å². The first-order chi connectivity index (χ1) is 9.65. The van der Waals surface area contributed by atoms with Gasteiger partial charge >= 0.3 is 0 Å². The molecule has 1 aliphatic carbocycles. The molecule has 120 valence electrons. The monoisotopic (exact) mass is 286 g/mol. The lowest BCUT2D eigenvalue weighted by Crippen LogP contribution is -2.46. The second-order valence-electron chi connectivity index (χ2n) is 6.50. The molecule has 0 aromatic rings. The molecule has 4 heteroatoms. The van der Waals surface area contributed by atoms with Crippen molar-refractivity contribution >= 4 is 0 Å². The first kappa shape index (κ1) is 17.9. The Morgan fingerprint density at radius 3 is 2.30 bits per heavy atom. The normalized spacial score (nSPS) is 27.1. The third kappa shape index (κ3) is 6.08. The Bertz CT molecular complexity index is 241. The van der Waals surface area contributed by atoms with Gasteiger partial charge in [0, 0.05) is 40.5 Å². The van der Waals surface area contributed by atoms with Crippen LogP contribution in [-0.2, 0) is 9.47 Å². The Hall–Kier alpha value is -0.160. The van der Waals surface area contributed by atoms with Crippen LogP contribution in [0.15, 0.2) is 0 Å². The summed E-state index contributed by atoms with van der Waals surface area (Å²) in [5, 5.41) is 0. The summed E-state index contributed by atoms with van der Waals surface area (Å²) < 4.78 is 10.4. The molecule has 0 aromatic heterocycles. The van der Waals surface area contributed by atoms with E-state index in [1.165, 1.54) is 25.7 Å². The predicted octanol–water partition coefficient (Wildman–Crippen LogP) is 2.13. The van der Waals surface area contributed by atoms with Crippen molar-refractivity contribution in [1.29, 1.82) is 0 Å². The number of ether oxygens (including phenoxy) is 2. The largest absolute Gasteiger partial charge is 0.385 e. The van der Waals surface area contributed by atoms with E-state index in [1.54, 1.807) is 14.2 Å². The van der Waals surface area contributed by atoms with E-state index in [0.717, 1.165) is 51.7 Å². The van der Waals surface area contributed by atoms with Crippen LogP contribution in [0.1, 0.15) is 39.0 Å². The van der Waals surface area contributed by atoms with Gasteiger partial charge in [0.2, 0.25) is 0 Å². The fourth-order valence-corrected chi connectivity index (χ4v) is 3.20. The average Bonchev–Trinajstić information content (AvgIpc) is 2.47. The Morgan fingerprint density at radius 2 is 1.75 bits per heavy atom. The minimum absolute atomic E-state index is 0.327. The highest BCUT2D eigenvalue weighted by molar-refractivity contribution is 4.88. The van der Waals surface area contributed by atoms with Crippen molar-refractivity contribution in [2.24, 2.45) is 17.1 Å². The molecule has 0 heterocycles. The molecule has 0 aliphatic heterocycles. The summed E-state index contributed by atoms with van der Waals surface area (Å²) in [6.07, 6.45) is 6.29. The Morgan fingerprint density at radius 1 is 1.10 bits per heavy atom. The summed E-state index contributed by atoms with van der Waals surface area (Å²) in [6, 6.07) is 0. The molecule has 1 rings (SSSR count). The molecule has 0 aromatic carbocycles. The van der Waals surface area contributed by atoms with Gasteiger partial charge in [-0.1, -0.05) is 19.8 Å². The third-order valence-electron chi connectivity index (χ3n) is 4.76. The molecule has 0 spiro atoms. The Kier molecular flexibility index (Phi) is 8.69. The van der Waals surface area contributed by atoms with Crippen molar-refractivity contribution in [2.45, 2.75) is 39.0 Å². The summed E-state index contributed by atoms with van der Waals surface area (Å²) in [7, 11) is 3.54. The molecule has 1 aliphatic rings. The van der Waals surface area contributed by atoms with Gasteiger partial charge < -0.3 is 20.1 Å². The minimum atomic E-state index is 0.327. The van der Waals surface area contributed by atoms with Gasteiger partial charge in [0.05, 0.1) is 6.61 Å². The topological polar surface area (TPSA) is 47.7 Å². The maximum absolute atomic E-state index is 6.13. The maximum atomic E-state index is 6.13. The first-order valence-electron chi connectivity index (χ1n) is 8.06. The third-order valence-corrected chi connectivity index (χ3v) is 4.76. The van der Waals surface area contributed by atoms with E-state index < -0.39 is 0 Å². The van der Waals surface area contributed by atoms with Gasteiger partial charge in [0.25, 0.3) is 0 Å². The fraction of sp³-hybridized carbons (Fsp3) is 1.00. The second-order valence-corrected chi connectivity index (χ2v) is 6.50. The molecule has 20 heavy (non-hydrogen) atoms. The van der Waals surface area contributed by atoms with Crippen LogP contribution in [0.4, 0.5) is 0 Å².